The Labute approximate surface area is 480 Å². The summed E-state index contributed by atoms with van der Waals surface area (Å²) in [5.41, 5.74) is 0. The minimum Gasteiger partial charge on any atom is -0.462 e. The SMILES string of the molecule is CC/C=C\C/C=C\C/C=C\C/C=C\C/C=C\C/C=C\C/C=C\C/C=C\CCCCC(=O)OCC(COC(=O)CCCCCCCC)OC(=O)CCCCCCCCCCCCCCCC/C=C\C/C=C\C/C=C\C/C=C\CC. The summed E-state index contributed by atoms with van der Waals surface area (Å²) in [7, 11) is 0. The van der Waals surface area contributed by atoms with Gasteiger partial charge in [0.05, 0.1) is 0 Å². The van der Waals surface area contributed by atoms with E-state index in [2.05, 4.69) is 167 Å². The maximum Gasteiger partial charge on any atom is 0.306 e. The molecule has 0 aromatic carbocycles. The molecule has 0 rings (SSSR count). The maximum absolute atomic E-state index is 12.9. The average Bonchev–Trinajstić information content (AvgIpc) is 3.44. The summed E-state index contributed by atoms with van der Waals surface area (Å²) < 4.78 is 16.8. The highest BCUT2D eigenvalue weighted by atomic mass is 16.6. The fourth-order valence-electron chi connectivity index (χ4n) is 8.39. The molecule has 440 valence electrons. The summed E-state index contributed by atoms with van der Waals surface area (Å²) in [6, 6.07) is 0. The lowest BCUT2D eigenvalue weighted by Crippen LogP contribution is -2.30. The van der Waals surface area contributed by atoms with Crippen LogP contribution in [-0.4, -0.2) is 37.2 Å². The van der Waals surface area contributed by atoms with Crippen LogP contribution in [0.2, 0.25) is 0 Å². The fourth-order valence-corrected chi connectivity index (χ4v) is 8.39. The van der Waals surface area contributed by atoms with Crippen LogP contribution in [0.3, 0.4) is 0 Å². The molecule has 1 atom stereocenters. The van der Waals surface area contributed by atoms with Crippen molar-refractivity contribution >= 4 is 17.9 Å². The quantitative estimate of drug-likeness (QED) is 0.0261. The highest BCUT2D eigenvalue weighted by molar-refractivity contribution is 5.71. The van der Waals surface area contributed by atoms with E-state index in [0.717, 1.165) is 128 Å². The number of carbonyl (C=O) groups is 3. The van der Waals surface area contributed by atoms with Gasteiger partial charge in [-0.05, 0) is 122 Å². The Morgan fingerprint density at radius 1 is 0.269 bits per heavy atom. The molecule has 0 aliphatic rings. The number of carbonyl (C=O) groups excluding carboxylic acids is 3. The molecule has 0 bridgehead atoms. The third kappa shape index (κ3) is 62.1. The van der Waals surface area contributed by atoms with Crippen LogP contribution >= 0.6 is 0 Å². The van der Waals surface area contributed by atoms with Gasteiger partial charge in [-0.25, -0.2) is 0 Å². The number of rotatable bonds is 56. The third-order valence-electron chi connectivity index (χ3n) is 13.1. The number of hydrogen-bond donors (Lipinski definition) is 0. The molecule has 6 nitrogen and oxygen atoms in total. The van der Waals surface area contributed by atoms with Crippen molar-refractivity contribution in [1.29, 1.82) is 0 Å². The van der Waals surface area contributed by atoms with Crippen LogP contribution < -0.4 is 0 Å². The van der Waals surface area contributed by atoms with Crippen molar-refractivity contribution in [3.63, 3.8) is 0 Å². The molecule has 0 saturated carbocycles. The molecule has 0 aliphatic carbocycles. The molecule has 0 radical (unpaired) electrons. The minimum atomic E-state index is -0.799. The molecule has 6 heteroatoms. The zero-order valence-corrected chi connectivity index (χ0v) is 50.4. The molecule has 0 spiro atoms. The topological polar surface area (TPSA) is 78.9 Å². The largest absolute Gasteiger partial charge is 0.462 e. The Morgan fingerprint density at radius 2 is 0.500 bits per heavy atom. The second-order valence-corrected chi connectivity index (χ2v) is 20.6. The van der Waals surface area contributed by atoms with E-state index < -0.39 is 6.10 Å². The second-order valence-electron chi connectivity index (χ2n) is 20.6. The number of esters is 3. The van der Waals surface area contributed by atoms with E-state index in [9.17, 15) is 14.4 Å². The van der Waals surface area contributed by atoms with Gasteiger partial charge in [0.1, 0.15) is 13.2 Å². The van der Waals surface area contributed by atoms with E-state index in [4.69, 9.17) is 14.2 Å². The van der Waals surface area contributed by atoms with Crippen LogP contribution in [0.1, 0.15) is 271 Å². The lowest BCUT2D eigenvalue weighted by atomic mass is 10.0. The molecule has 0 aliphatic heterocycles. The Morgan fingerprint density at radius 3 is 0.808 bits per heavy atom. The summed E-state index contributed by atoms with van der Waals surface area (Å²) in [4.78, 5) is 38.0. The van der Waals surface area contributed by atoms with Crippen molar-refractivity contribution in [2.24, 2.45) is 0 Å². The molecule has 0 fully saturated rings. The first kappa shape index (κ1) is 73.3. The van der Waals surface area contributed by atoms with Gasteiger partial charge in [-0.3, -0.25) is 14.4 Å². The molecule has 0 aromatic rings. The first-order valence-corrected chi connectivity index (χ1v) is 31.8. The smallest absolute Gasteiger partial charge is 0.306 e. The van der Waals surface area contributed by atoms with Crippen molar-refractivity contribution in [2.75, 3.05) is 13.2 Å². The Hall–Kier alpha value is -4.71. The Bertz CT molecular complexity index is 1710. The predicted molar refractivity (Wildman–Crippen MR) is 339 cm³/mol. The van der Waals surface area contributed by atoms with Crippen molar-refractivity contribution < 1.29 is 28.6 Å². The molecular formula is C72H116O6. The van der Waals surface area contributed by atoms with Gasteiger partial charge in [-0.2, -0.15) is 0 Å². The summed E-state index contributed by atoms with van der Waals surface area (Å²) in [6.45, 7) is 6.32. The normalized spacial score (nSPS) is 13.1. The highest BCUT2D eigenvalue weighted by Crippen LogP contribution is 2.15. The molecule has 78 heavy (non-hydrogen) atoms. The van der Waals surface area contributed by atoms with Crippen molar-refractivity contribution in [1.82, 2.24) is 0 Å². The fraction of sp³-hybridized carbons (Fsp3) is 0.625. The monoisotopic (exact) mass is 1080 g/mol. The second kappa shape index (κ2) is 64.8. The van der Waals surface area contributed by atoms with E-state index in [1.165, 1.54) is 96.3 Å². The maximum atomic E-state index is 12.9. The first-order chi connectivity index (χ1) is 38.5. The number of hydrogen-bond acceptors (Lipinski definition) is 6. The van der Waals surface area contributed by atoms with Crippen LogP contribution in [-0.2, 0) is 28.6 Å². The standard InChI is InChI=1S/C72H116O6/c1-4-7-10-13-16-18-20-22-24-26-28-30-32-34-36-38-40-42-44-46-48-50-52-54-56-59-62-65-71(74)77-68-69(67-76-70(73)64-61-58-15-12-9-6-3)78-72(75)66-63-60-57-55-53-51-49-47-45-43-41-39-37-35-33-31-29-27-25-23-21-19-17-14-11-8-5-2/h7-8,10-11,16-19,22-25,28-31,34,36,40,42,46,48,52,54,69H,4-6,9,12-15,20-21,26-27,32-33,35,37-39,41,43-45,47,49-51,53,55-68H2,1-3H3/b10-7-,11-8-,18-16-,19-17-,24-22-,25-23-,30-28-,31-29-,36-34-,42-40-,48-46-,54-52-. The van der Waals surface area contributed by atoms with Crippen molar-refractivity contribution in [3.8, 4) is 0 Å². The molecule has 1 unspecified atom stereocenters. The van der Waals surface area contributed by atoms with Crippen LogP contribution in [0.4, 0.5) is 0 Å². The van der Waals surface area contributed by atoms with Gasteiger partial charge < -0.3 is 14.2 Å². The first-order valence-electron chi connectivity index (χ1n) is 31.8. The zero-order chi connectivity index (χ0) is 56.4. The van der Waals surface area contributed by atoms with Gasteiger partial charge in [0, 0.05) is 19.3 Å². The zero-order valence-electron chi connectivity index (χ0n) is 50.4. The summed E-state index contributed by atoms with van der Waals surface area (Å²) in [5, 5.41) is 0. The predicted octanol–water partition coefficient (Wildman–Crippen LogP) is 21.9. The summed E-state index contributed by atoms with van der Waals surface area (Å²) in [5.74, 6) is -0.953. The molecule has 0 heterocycles. The van der Waals surface area contributed by atoms with E-state index in [0.29, 0.717) is 25.7 Å². The van der Waals surface area contributed by atoms with Gasteiger partial charge in [0.25, 0.3) is 0 Å². The van der Waals surface area contributed by atoms with Crippen LogP contribution in [0, 0.1) is 0 Å². The van der Waals surface area contributed by atoms with Gasteiger partial charge in [-0.15, -0.1) is 0 Å². The summed E-state index contributed by atoms with van der Waals surface area (Å²) in [6.07, 6.45) is 93.2. The van der Waals surface area contributed by atoms with E-state index in [1.54, 1.807) is 0 Å². The van der Waals surface area contributed by atoms with Crippen LogP contribution in [0.5, 0.6) is 0 Å². The average molecular weight is 1080 g/mol. The highest BCUT2D eigenvalue weighted by Gasteiger charge is 2.19. The van der Waals surface area contributed by atoms with E-state index >= 15 is 0 Å². The summed E-state index contributed by atoms with van der Waals surface area (Å²) >= 11 is 0. The molecule has 0 N–H and O–H groups in total. The lowest BCUT2D eigenvalue weighted by molar-refractivity contribution is -0.167. The molecule has 0 aromatic heterocycles. The molecule has 0 amide bonds. The molecule has 0 saturated heterocycles. The van der Waals surface area contributed by atoms with E-state index in [-0.39, 0.29) is 31.1 Å². The van der Waals surface area contributed by atoms with Gasteiger partial charge in [0.2, 0.25) is 0 Å². The minimum absolute atomic E-state index is 0.0957. The lowest BCUT2D eigenvalue weighted by Gasteiger charge is -2.18. The van der Waals surface area contributed by atoms with E-state index in [1.807, 2.05) is 0 Å². The van der Waals surface area contributed by atoms with Crippen molar-refractivity contribution in [3.05, 3.63) is 146 Å². The van der Waals surface area contributed by atoms with Crippen LogP contribution in [0.25, 0.3) is 0 Å². The van der Waals surface area contributed by atoms with Gasteiger partial charge in [0.15, 0.2) is 6.10 Å². The van der Waals surface area contributed by atoms with Gasteiger partial charge >= 0.3 is 17.9 Å². The Balaban J connectivity index is 4.20. The van der Waals surface area contributed by atoms with Gasteiger partial charge in [-0.1, -0.05) is 276 Å². The number of ether oxygens (including phenoxy) is 3. The third-order valence-corrected chi connectivity index (χ3v) is 13.1. The van der Waals surface area contributed by atoms with Crippen LogP contribution in [0.15, 0.2) is 146 Å². The number of unbranched alkanes of at least 4 members (excludes halogenated alkanes) is 21. The van der Waals surface area contributed by atoms with Crippen molar-refractivity contribution in [2.45, 2.75) is 277 Å². The Kier molecular flexibility index (Phi) is 60.9. The number of allylic oxidation sites excluding steroid dienone is 24. The molecular weight excluding hydrogens is 961 g/mol.